The third-order valence-corrected chi connectivity index (χ3v) is 5.42. The molecule has 27 heavy (non-hydrogen) atoms. The van der Waals surface area contributed by atoms with Gasteiger partial charge < -0.3 is 24.5 Å². The number of hydrogen-bond donors (Lipinski definition) is 2. The Morgan fingerprint density at radius 2 is 2.19 bits per heavy atom. The molecule has 2 N–H and O–H groups in total. The van der Waals surface area contributed by atoms with Crippen molar-refractivity contribution >= 4 is 5.69 Å². The zero-order valence-corrected chi connectivity index (χ0v) is 15.7. The first-order valence-electron chi connectivity index (χ1n) is 9.60. The van der Waals surface area contributed by atoms with Crippen LogP contribution in [-0.2, 0) is 29.0 Å². The molecule has 0 aliphatic carbocycles. The first-order valence-corrected chi connectivity index (χ1v) is 9.60. The van der Waals surface area contributed by atoms with Crippen LogP contribution in [0.25, 0.3) is 11.3 Å². The lowest BCUT2D eigenvalue weighted by Crippen LogP contribution is -2.29. The molecule has 144 valence electrons. The van der Waals surface area contributed by atoms with Crippen LogP contribution in [0.15, 0.2) is 29.1 Å². The van der Waals surface area contributed by atoms with Gasteiger partial charge in [-0.1, -0.05) is 0 Å². The number of aryl methyl sites for hydroxylation is 1. The van der Waals surface area contributed by atoms with E-state index in [4.69, 9.17) is 9.47 Å². The van der Waals surface area contributed by atoms with Crippen molar-refractivity contribution in [3.63, 3.8) is 0 Å². The number of pyridine rings is 1. The molecule has 3 heterocycles. The van der Waals surface area contributed by atoms with Crippen LogP contribution in [0.3, 0.4) is 0 Å². The molecule has 2 aliphatic rings. The summed E-state index contributed by atoms with van der Waals surface area (Å²) in [6, 6.07) is 7.38. The van der Waals surface area contributed by atoms with Gasteiger partial charge in [0.2, 0.25) is 0 Å². The Labute approximate surface area is 158 Å². The van der Waals surface area contributed by atoms with Crippen molar-refractivity contribution in [2.75, 3.05) is 25.6 Å². The highest BCUT2D eigenvalue weighted by Crippen LogP contribution is 2.35. The number of aromatic nitrogens is 1. The Morgan fingerprint density at radius 3 is 2.96 bits per heavy atom. The Kier molecular flexibility index (Phi) is 5.18. The van der Waals surface area contributed by atoms with Gasteiger partial charge in [-0.15, -0.1) is 0 Å². The van der Waals surface area contributed by atoms with E-state index < -0.39 is 0 Å². The average Bonchev–Trinajstić information content (AvgIpc) is 2.68. The first-order chi connectivity index (χ1) is 13.2. The highest BCUT2D eigenvalue weighted by atomic mass is 16.5. The number of benzene rings is 1. The number of phenolic OH excluding ortho intramolecular Hbond substituents is 1. The zero-order chi connectivity index (χ0) is 18.8. The number of nitrogens with zero attached hydrogens (tertiary/aromatic N) is 1. The van der Waals surface area contributed by atoms with Gasteiger partial charge in [-0.25, -0.2) is 0 Å². The maximum atomic E-state index is 12.6. The maximum Gasteiger partial charge on any atom is 0.253 e. The third-order valence-electron chi connectivity index (χ3n) is 5.42. The molecule has 0 saturated carbocycles. The molecule has 1 aromatic carbocycles. The van der Waals surface area contributed by atoms with E-state index in [0.29, 0.717) is 19.7 Å². The number of rotatable bonds is 5. The number of hydrogen-bond acceptors (Lipinski definition) is 5. The fourth-order valence-electron chi connectivity index (χ4n) is 3.99. The zero-order valence-electron chi connectivity index (χ0n) is 15.7. The van der Waals surface area contributed by atoms with E-state index in [1.807, 2.05) is 12.1 Å². The summed E-state index contributed by atoms with van der Waals surface area (Å²) in [5.41, 5.74) is 4.44. The number of fused-ring (bicyclic) bond motifs is 3. The van der Waals surface area contributed by atoms with Gasteiger partial charge in [0.25, 0.3) is 5.56 Å². The number of aromatic hydroxyl groups is 1. The van der Waals surface area contributed by atoms with Crippen molar-refractivity contribution in [3.8, 4) is 17.0 Å². The quantitative estimate of drug-likeness (QED) is 0.847. The Balaban J connectivity index is 1.64. The highest BCUT2D eigenvalue weighted by Gasteiger charge is 2.21. The van der Waals surface area contributed by atoms with Gasteiger partial charge in [0, 0.05) is 49.7 Å². The van der Waals surface area contributed by atoms with Crippen LogP contribution in [0.1, 0.15) is 30.4 Å². The van der Waals surface area contributed by atoms with Gasteiger partial charge in [-0.2, -0.15) is 0 Å². The van der Waals surface area contributed by atoms with Gasteiger partial charge in [0.05, 0.1) is 18.4 Å². The molecule has 0 radical (unpaired) electrons. The van der Waals surface area contributed by atoms with Crippen LogP contribution in [0.2, 0.25) is 0 Å². The van der Waals surface area contributed by atoms with Crippen LogP contribution in [0.4, 0.5) is 5.69 Å². The lowest BCUT2D eigenvalue weighted by Gasteiger charge is -2.25. The molecule has 1 fully saturated rings. The lowest BCUT2D eigenvalue weighted by molar-refractivity contribution is 0.0247. The molecule has 1 unspecified atom stereocenters. The maximum absolute atomic E-state index is 12.6. The largest absolute Gasteiger partial charge is 0.508 e. The van der Waals surface area contributed by atoms with Crippen molar-refractivity contribution in [2.24, 2.45) is 0 Å². The summed E-state index contributed by atoms with van der Waals surface area (Å²) in [5, 5.41) is 13.7. The van der Waals surface area contributed by atoms with Crippen LogP contribution in [0.5, 0.6) is 5.75 Å². The molecule has 2 aliphatic heterocycles. The first kappa shape index (κ1) is 18.1. The summed E-state index contributed by atoms with van der Waals surface area (Å²) >= 11 is 0. The standard InChI is InChI=1S/C21H26N2O4/c1-26-13-15-8-14-5-6-23-19(18(14)11-20(15)24)9-16(10-21(23)25)22-12-17-4-2-3-7-27-17/h8-11,17,22,24H,2-7,12-13H2,1H3. The molecule has 2 aromatic rings. The highest BCUT2D eigenvalue weighted by molar-refractivity contribution is 5.71. The van der Waals surface area contributed by atoms with Gasteiger partial charge in [-0.3, -0.25) is 4.79 Å². The van der Waals surface area contributed by atoms with Gasteiger partial charge >= 0.3 is 0 Å². The Morgan fingerprint density at radius 1 is 1.30 bits per heavy atom. The molecule has 1 saturated heterocycles. The minimum Gasteiger partial charge on any atom is -0.508 e. The molecule has 4 rings (SSSR count). The normalized spacial score (nSPS) is 18.6. The van der Waals surface area contributed by atoms with E-state index in [1.54, 1.807) is 23.8 Å². The number of phenols is 1. The van der Waals surface area contributed by atoms with Crippen LogP contribution in [0, 0.1) is 0 Å². The van der Waals surface area contributed by atoms with E-state index >= 15 is 0 Å². The predicted molar refractivity (Wildman–Crippen MR) is 104 cm³/mol. The lowest BCUT2D eigenvalue weighted by atomic mass is 9.94. The average molecular weight is 370 g/mol. The fourth-order valence-corrected chi connectivity index (χ4v) is 3.99. The van der Waals surface area contributed by atoms with Gasteiger partial charge in [0.15, 0.2) is 0 Å². The topological polar surface area (TPSA) is 72.7 Å². The van der Waals surface area contributed by atoms with E-state index in [2.05, 4.69) is 5.32 Å². The van der Waals surface area contributed by atoms with Crippen molar-refractivity contribution in [1.29, 1.82) is 0 Å². The second kappa shape index (κ2) is 7.74. The van der Waals surface area contributed by atoms with Crippen LogP contribution in [-0.4, -0.2) is 36.0 Å². The second-order valence-electron chi connectivity index (χ2n) is 7.31. The molecule has 6 nitrogen and oxygen atoms in total. The Bertz CT molecular complexity index is 884. The monoisotopic (exact) mass is 370 g/mol. The number of methoxy groups -OCH3 is 1. The molecular weight excluding hydrogens is 344 g/mol. The number of anilines is 1. The van der Waals surface area contributed by atoms with Crippen LogP contribution < -0.4 is 10.9 Å². The molecular formula is C21H26N2O4. The SMILES string of the molecule is COCc1cc2c(cc1O)-c1cc(NCC3CCCCO3)cc(=O)n1CC2. The third kappa shape index (κ3) is 3.73. The van der Waals surface area contributed by atoms with Crippen molar-refractivity contribution in [3.05, 3.63) is 45.7 Å². The van der Waals surface area contributed by atoms with Gasteiger partial charge in [-0.05, 0) is 49.4 Å². The summed E-state index contributed by atoms with van der Waals surface area (Å²) in [7, 11) is 1.61. The molecule has 0 amide bonds. The summed E-state index contributed by atoms with van der Waals surface area (Å²) in [6.07, 6.45) is 4.33. The fraction of sp³-hybridized carbons (Fsp3) is 0.476. The van der Waals surface area contributed by atoms with Crippen molar-refractivity contribution in [2.45, 2.75) is 44.9 Å². The summed E-state index contributed by atoms with van der Waals surface area (Å²) in [6.45, 7) is 2.53. The molecule has 0 bridgehead atoms. The molecule has 0 spiro atoms. The minimum atomic E-state index is -0.0225. The molecule has 1 atom stereocenters. The summed E-state index contributed by atoms with van der Waals surface area (Å²) in [5.74, 6) is 0.200. The summed E-state index contributed by atoms with van der Waals surface area (Å²) in [4.78, 5) is 12.6. The molecule has 1 aromatic heterocycles. The predicted octanol–water partition coefficient (Wildman–Crippen LogP) is 2.90. The van der Waals surface area contributed by atoms with E-state index in [-0.39, 0.29) is 17.4 Å². The van der Waals surface area contributed by atoms with Crippen molar-refractivity contribution in [1.82, 2.24) is 4.57 Å². The Hall–Kier alpha value is -2.31. The minimum absolute atomic E-state index is 0.0225. The molecule has 6 heteroatoms. The van der Waals surface area contributed by atoms with E-state index in [9.17, 15) is 9.90 Å². The van der Waals surface area contributed by atoms with Gasteiger partial charge in [0.1, 0.15) is 5.75 Å². The second-order valence-corrected chi connectivity index (χ2v) is 7.31. The smallest absolute Gasteiger partial charge is 0.253 e. The summed E-state index contributed by atoms with van der Waals surface area (Å²) < 4.78 is 12.7. The van der Waals surface area contributed by atoms with E-state index in [0.717, 1.165) is 53.9 Å². The number of nitrogens with one attached hydrogen (secondary N) is 1. The van der Waals surface area contributed by atoms with E-state index in [1.165, 1.54) is 6.42 Å². The van der Waals surface area contributed by atoms with Crippen LogP contribution >= 0.6 is 0 Å². The van der Waals surface area contributed by atoms with Crippen molar-refractivity contribution < 1.29 is 14.6 Å². The number of ether oxygens (including phenoxy) is 2.